The fourth-order valence-electron chi connectivity index (χ4n) is 3.97. The first kappa shape index (κ1) is 16.8. The number of nitrogens with one attached hydrogen (secondary N) is 1. The Hall–Kier alpha value is -1.08. The predicted octanol–water partition coefficient (Wildman–Crippen LogP) is 2.87. The van der Waals surface area contributed by atoms with Crippen molar-refractivity contribution in [2.75, 3.05) is 6.54 Å². The molecule has 2 aliphatic rings. The monoisotopic (exact) mass is 331 g/mol. The number of nitrogens with zero attached hydrogens (tertiary/aromatic N) is 2. The number of halogens is 3. The lowest BCUT2D eigenvalue weighted by Gasteiger charge is -2.47. The van der Waals surface area contributed by atoms with Gasteiger partial charge < -0.3 is 15.0 Å². The largest absolute Gasteiger partial charge is 0.425 e. The normalized spacial score (nSPS) is 24.4. The molecule has 1 unspecified atom stereocenters. The molecule has 3 rings (SSSR count). The molecule has 1 heterocycles. The Balaban J connectivity index is 1.65. The summed E-state index contributed by atoms with van der Waals surface area (Å²) in [6, 6.07) is 0.0374. The lowest BCUT2D eigenvalue weighted by atomic mass is 9.60. The molecule has 1 aromatic rings. The van der Waals surface area contributed by atoms with Crippen molar-refractivity contribution in [2.24, 2.45) is 12.5 Å². The van der Waals surface area contributed by atoms with Gasteiger partial charge in [-0.2, -0.15) is 13.2 Å². The molecule has 0 radical (unpaired) electrons. The summed E-state index contributed by atoms with van der Waals surface area (Å²) in [7, 11) is 1.46. The van der Waals surface area contributed by atoms with Crippen LogP contribution in [0.1, 0.15) is 50.8 Å². The third-order valence-electron chi connectivity index (χ3n) is 5.77. The summed E-state index contributed by atoms with van der Waals surface area (Å²) in [5, 5.41) is 13.3. The lowest BCUT2D eigenvalue weighted by molar-refractivity contribution is -0.268. The maximum absolute atomic E-state index is 13.4. The molecular formula is C16H24F3N3O. The Morgan fingerprint density at radius 1 is 1.30 bits per heavy atom. The minimum absolute atomic E-state index is 0.0374. The van der Waals surface area contributed by atoms with E-state index in [0.29, 0.717) is 5.41 Å². The zero-order valence-corrected chi connectivity index (χ0v) is 13.4. The number of aliphatic hydroxyl groups is 1. The van der Waals surface area contributed by atoms with Gasteiger partial charge in [0.15, 0.2) is 5.82 Å². The molecule has 1 spiro atoms. The first-order valence-corrected chi connectivity index (χ1v) is 8.26. The maximum Gasteiger partial charge on any atom is 0.425 e. The van der Waals surface area contributed by atoms with Crippen LogP contribution in [0, 0.1) is 5.41 Å². The van der Waals surface area contributed by atoms with Gasteiger partial charge in [-0.15, -0.1) is 0 Å². The molecular weight excluding hydrogens is 307 g/mol. The van der Waals surface area contributed by atoms with Crippen LogP contribution in [-0.2, 0) is 12.6 Å². The fourth-order valence-corrected chi connectivity index (χ4v) is 3.97. The van der Waals surface area contributed by atoms with E-state index in [9.17, 15) is 18.3 Å². The van der Waals surface area contributed by atoms with Gasteiger partial charge in [-0.25, -0.2) is 4.98 Å². The fraction of sp³-hybridized carbons (Fsp3) is 0.812. The Morgan fingerprint density at radius 3 is 2.39 bits per heavy atom. The van der Waals surface area contributed by atoms with Gasteiger partial charge in [-0.3, -0.25) is 0 Å². The smallest absolute Gasteiger partial charge is 0.373 e. The SMILES string of the molecule is Cn1ccnc1C(O)(CNC1CCC2(CCC2)CC1)C(F)(F)F. The summed E-state index contributed by atoms with van der Waals surface area (Å²) in [5.41, 5.74) is -2.49. The molecule has 7 heteroatoms. The van der Waals surface area contributed by atoms with Crippen LogP contribution in [0.4, 0.5) is 13.2 Å². The third-order valence-corrected chi connectivity index (χ3v) is 5.77. The van der Waals surface area contributed by atoms with E-state index in [0.717, 1.165) is 25.7 Å². The second kappa shape index (κ2) is 5.77. The molecule has 0 aromatic carbocycles. The number of aryl methyl sites for hydroxylation is 1. The van der Waals surface area contributed by atoms with E-state index in [2.05, 4.69) is 10.3 Å². The predicted molar refractivity (Wildman–Crippen MR) is 79.7 cm³/mol. The zero-order valence-electron chi connectivity index (χ0n) is 13.4. The van der Waals surface area contributed by atoms with Crippen molar-refractivity contribution in [3.63, 3.8) is 0 Å². The molecule has 0 bridgehead atoms. The molecule has 2 N–H and O–H groups in total. The van der Waals surface area contributed by atoms with Crippen LogP contribution in [0.5, 0.6) is 0 Å². The molecule has 1 aromatic heterocycles. The molecule has 2 saturated carbocycles. The van der Waals surface area contributed by atoms with Gasteiger partial charge in [0.25, 0.3) is 0 Å². The van der Waals surface area contributed by atoms with E-state index in [1.807, 2.05) is 0 Å². The average Bonchev–Trinajstić information content (AvgIpc) is 2.89. The number of imidazole rings is 1. The van der Waals surface area contributed by atoms with Gasteiger partial charge in [0.05, 0.1) is 0 Å². The summed E-state index contributed by atoms with van der Waals surface area (Å²) in [5.74, 6) is -0.372. The molecule has 2 fully saturated rings. The quantitative estimate of drug-likeness (QED) is 0.892. The minimum Gasteiger partial charge on any atom is -0.373 e. The topological polar surface area (TPSA) is 50.1 Å². The van der Waals surface area contributed by atoms with E-state index in [-0.39, 0.29) is 11.9 Å². The zero-order chi connectivity index (χ0) is 16.7. The van der Waals surface area contributed by atoms with Crippen molar-refractivity contribution < 1.29 is 18.3 Å². The lowest BCUT2D eigenvalue weighted by Crippen LogP contribution is -2.54. The Labute approximate surface area is 134 Å². The molecule has 0 amide bonds. The van der Waals surface area contributed by atoms with Crippen LogP contribution in [0.2, 0.25) is 0 Å². The van der Waals surface area contributed by atoms with Crippen molar-refractivity contribution in [1.29, 1.82) is 0 Å². The third kappa shape index (κ3) is 3.01. The maximum atomic E-state index is 13.4. The van der Waals surface area contributed by atoms with Crippen LogP contribution in [0.25, 0.3) is 0 Å². The van der Waals surface area contributed by atoms with E-state index < -0.39 is 18.3 Å². The van der Waals surface area contributed by atoms with Gasteiger partial charge in [-0.1, -0.05) is 6.42 Å². The minimum atomic E-state index is -4.77. The van der Waals surface area contributed by atoms with Gasteiger partial charge in [0.2, 0.25) is 5.60 Å². The van der Waals surface area contributed by atoms with Crippen molar-refractivity contribution in [3.05, 3.63) is 18.2 Å². The average molecular weight is 331 g/mol. The van der Waals surface area contributed by atoms with Gasteiger partial charge >= 0.3 is 6.18 Å². The highest BCUT2D eigenvalue weighted by Gasteiger charge is 2.57. The number of aromatic nitrogens is 2. The van der Waals surface area contributed by atoms with Gasteiger partial charge in [-0.05, 0) is 43.9 Å². The second-order valence-electron chi connectivity index (χ2n) is 7.23. The van der Waals surface area contributed by atoms with Crippen LogP contribution < -0.4 is 5.32 Å². The number of hydrogen-bond donors (Lipinski definition) is 2. The van der Waals surface area contributed by atoms with Crippen molar-refractivity contribution in [3.8, 4) is 0 Å². The molecule has 1 atom stereocenters. The highest BCUT2D eigenvalue weighted by atomic mass is 19.4. The van der Waals surface area contributed by atoms with Crippen LogP contribution >= 0.6 is 0 Å². The molecule has 23 heavy (non-hydrogen) atoms. The highest BCUT2D eigenvalue weighted by Crippen LogP contribution is 2.51. The molecule has 0 saturated heterocycles. The Kier molecular flexibility index (Phi) is 4.21. The summed E-state index contributed by atoms with van der Waals surface area (Å²) < 4.78 is 41.6. The van der Waals surface area contributed by atoms with Crippen molar-refractivity contribution in [2.45, 2.75) is 62.8 Å². The van der Waals surface area contributed by atoms with Crippen LogP contribution in [0.15, 0.2) is 12.4 Å². The van der Waals surface area contributed by atoms with Gasteiger partial charge in [0, 0.05) is 32.0 Å². The summed E-state index contributed by atoms with van der Waals surface area (Å²) >= 11 is 0. The standard InChI is InChI=1S/C16H24F3N3O/c1-22-10-9-20-13(22)15(23,16(17,18)19)11-21-12-3-7-14(8-4-12)5-2-6-14/h9-10,12,21,23H,2-8,11H2,1H3. The van der Waals surface area contributed by atoms with Crippen molar-refractivity contribution >= 4 is 0 Å². The van der Waals surface area contributed by atoms with E-state index in [1.165, 1.54) is 43.3 Å². The number of alkyl halides is 3. The highest BCUT2D eigenvalue weighted by molar-refractivity contribution is 5.10. The summed E-state index contributed by atoms with van der Waals surface area (Å²) in [6.07, 6.45) is 5.64. The van der Waals surface area contributed by atoms with E-state index in [4.69, 9.17) is 0 Å². The first-order chi connectivity index (χ1) is 10.8. The molecule has 130 valence electrons. The summed E-state index contributed by atoms with van der Waals surface area (Å²) in [6.45, 7) is -0.557. The van der Waals surface area contributed by atoms with E-state index >= 15 is 0 Å². The molecule has 4 nitrogen and oxygen atoms in total. The number of hydrogen-bond acceptors (Lipinski definition) is 3. The van der Waals surface area contributed by atoms with E-state index in [1.54, 1.807) is 0 Å². The van der Waals surface area contributed by atoms with Gasteiger partial charge in [0.1, 0.15) is 0 Å². The van der Waals surface area contributed by atoms with Crippen LogP contribution in [0.3, 0.4) is 0 Å². The number of rotatable bonds is 4. The Bertz CT molecular complexity index is 543. The van der Waals surface area contributed by atoms with Crippen molar-refractivity contribution in [1.82, 2.24) is 14.9 Å². The second-order valence-corrected chi connectivity index (χ2v) is 7.23. The molecule has 2 aliphatic carbocycles. The van der Waals surface area contributed by atoms with Crippen LogP contribution in [-0.4, -0.2) is 33.4 Å². The summed E-state index contributed by atoms with van der Waals surface area (Å²) in [4.78, 5) is 3.72. The molecule has 0 aliphatic heterocycles. The Morgan fingerprint density at radius 2 is 1.96 bits per heavy atom. The first-order valence-electron chi connectivity index (χ1n) is 8.26.